The van der Waals surface area contributed by atoms with E-state index in [4.69, 9.17) is 18.6 Å². The van der Waals surface area contributed by atoms with Crippen LogP contribution in [-0.2, 0) is 14.3 Å². The number of morpholine rings is 1. The zero-order valence-electron chi connectivity index (χ0n) is 22.1. The van der Waals surface area contributed by atoms with Crippen molar-refractivity contribution >= 4 is 39.5 Å². The number of halogens is 2. The van der Waals surface area contributed by atoms with E-state index in [1.165, 1.54) is 4.90 Å². The lowest BCUT2D eigenvalue weighted by Crippen LogP contribution is -2.68. The molecule has 3 aromatic heterocycles. The molecule has 1 aromatic carbocycles. The predicted molar refractivity (Wildman–Crippen MR) is 143 cm³/mol. The second-order valence-corrected chi connectivity index (χ2v) is 10.6. The molecule has 41 heavy (non-hydrogen) atoms. The molecule has 214 valence electrons. The Balaban J connectivity index is 1.23. The number of pyridine rings is 1. The summed E-state index contributed by atoms with van der Waals surface area (Å²) < 4.78 is 51.6. The van der Waals surface area contributed by atoms with Crippen molar-refractivity contribution in [2.75, 3.05) is 42.7 Å². The van der Waals surface area contributed by atoms with Crippen molar-refractivity contribution in [3.05, 3.63) is 48.4 Å². The molecule has 1 N–H and O–H groups in total. The molecular weight excluding hydrogens is 540 g/mol. The van der Waals surface area contributed by atoms with Crippen molar-refractivity contribution in [3.8, 4) is 5.88 Å². The zero-order chi connectivity index (χ0) is 28.3. The topological polar surface area (TPSA) is 123 Å². The van der Waals surface area contributed by atoms with Crippen LogP contribution in [0.15, 0.2) is 47.0 Å². The number of carboxylic acids is 1. The molecule has 0 bridgehead atoms. The Morgan fingerprint density at radius 3 is 2.76 bits per heavy atom. The summed E-state index contributed by atoms with van der Waals surface area (Å²) in [6.07, 6.45) is -1.88. The standard InChI is InChI=1S/C28H27F2N5O6/c1-15-28(13-38-14-28)39-10-9-34(15)18-6-4-8-31-26(18)40-16-11-19(27(36)37)35(12-16)25-22-21(32-24(33-25)23(29)30)17-5-2-3-7-20(17)41-22/h2-8,15-16,19,23H,9-14H2,1H3,(H,36,37)/t15-,16-,19-/m0/s1. The largest absolute Gasteiger partial charge is 0.480 e. The second-order valence-electron chi connectivity index (χ2n) is 10.6. The molecule has 0 radical (unpaired) electrons. The maximum absolute atomic E-state index is 13.9. The van der Waals surface area contributed by atoms with E-state index in [0.29, 0.717) is 43.2 Å². The van der Waals surface area contributed by atoms with Crippen LogP contribution in [0.2, 0.25) is 0 Å². The van der Waals surface area contributed by atoms with E-state index < -0.39 is 36.0 Å². The molecular formula is C28H27F2N5O6. The Morgan fingerprint density at radius 2 is 2.00 bits per heavy atom. The number of ether oxygens (including phenoxy) is 3. The van der Waals surface area contributed by atoms with Crippen molar-refractivity contribution in [2.24, 2.45) is 0 Å². The summed E-state index contributed by atoms with van der Waals surface area (Å²) in [5.74, 6) is -1.48. The van der Waals surface area contributed by atoms with Crippen molar-refractivity contribution in [1.82, 2.24) is 15.0 Å². The van der Waals surface area contributed by atoms with Gasteiger partial charge in [0.2, 0.25) is 5.88 Å². The number of fused-ring (bicyclic) bond motifs is 3. The molecule has 6 heterocycles. The van der Waals surface area contributed by atoms with Crippen LogP contribution in [0.5, 0.6) is 5.88 Å². The van der Waals surface area contributed by atoms with E-state index >= 15 is 0 Å². The number of nitrogens with zero attached hydrogens (tertiary/aromatic N) is 5. The molecule has 3 aliphatic heterocycles. The molecule has 1 spiro atoms. The minimum Gasteiger partial charge on any atom is -0.480 e. The van der Waals surface area contributed by atoms with Gasteiger partial charge in [0.1, 0.15) is 34.5 Å². The van der Waals surface area contributed by atoms with Crippen LogP contribution >= 0.6 is 0 Å². The zero-order valence-corrected chi connectivity index (χ0v) is 22.1. The number of carbonyl (C=O) groups is 1. The van der Waals surface area contributed by atoms with E-state index in [1.54, 1.807) is 30.5 Å². The first-order valence-corrected chi connectivity index (χ1v) is 13.4. The summed E-state index contributed by atoms with van der Waals surface area (Å²) in [4.78, 5) is 28.7. The van der Waals surface area contributed by atoms with E-state index in [2.05, 4.69) is 26.8 Å². The lowest BCUT2D eigenvalue weighted by molar-refractivity contribution is -0.228. The van der Waals surface area contributed by atoms with Gasteiger partial charge in [0.15, 0.2) is 17.2 Å². The number of furan rings is 1. The molecule has 3 fully saturated rings. The lowest BCUT2D eigenvalue weighted by Gasteiger charge is -2.53. The maximum Gasteiger partial charge on any atom is 0.326 e. The minimum absolute atomic E-state index is 0.00134. The van der Waals surface area contributed by atoms with Gasteiger partial charge in [0.25, 0.3) is 6.43 Å². The Kier molecular flexibility index (Phi) is 6.16. The first-order chi connectivity index (χ1) is 19.8. The molecule has 0 unspecified atom stereocenters. The molecule has 4 aromatic rings. The summed E-state index contributed by atoms with van der Waals surface area (Å²) in [5.41, 5.74) is 1.17. The molecule has 7 rings (SSSR count). The number of carboxylic acid groups (broad SMARTS) is 1. The number of hydrogen-bond donors (Lipinski definition) is 1. The summed E-state index contributed by atoms with van der Waals surface area (Å²) in [7, 11) is 0. The van der Waals surface area contributed by atoms with Gasteiger partial charge >= 0.3 is 5.97 Å². The number of hydrogen-bond acceptors (Lipinski definition) is 10. The van der Waals surface area contributed by atoms with Crippen LogP contribution in [0.1, 0.15) is 25.6 Å². The summed E-state index contributed by atoms with van der Waals surface area (Å²) >= 11 is 0. The van der Waals surface area contributed by atoms with Crippen molar-refractivity contribution < 1.29 is 37.3 Å². The second kappa shape index (κ2) is 9.77. The fraction of sp³-hybridized carbons (Fsp3) is 0.429. The molecule has 0 saturated carbocycles. The Morgan fingerprint density at radius 1 is 1.17 bits per heavy atom. The SMILES string of the molecule is C[C@@H]1N(c2cccnc2O[C@H]2C[C@@H](C(=O)O)N(c3nc(C(F)F)nc4c3oc3ccccc34)C2)CCOC12COC2. The minimum atomic E-state index is -2.96. The fourth-order valence-corrected chi connectivity index (χ4v) is 5.99. The predicted octanol–water partition coefficient (Wildman–Crippen LogP) is 3.81. The number of aliphatic carboxylic acids is 1. The first-order valence-electron chi connectivity index (χ1n) is 13.4. The Bertz CT molecular complexity index is 1630. The number of alkyl halides is 2. The Labute approximate surface area is 232 Å². The normalized spacial score (nSPS) is 24.0. The van der Waals surface area contributed by atoms with Gasteiger partial charge in [-0.2, -0.15) is 0 Å². The van der Waals surface area contributed by atoms with Gasteiger partial charge in [-0.05, 0) is 31.2 Å². The average molecular weight is 568 g/mol. The van der Waals surface area contributed by atoms with Gasteiger partial charge in [-0.1, -0.05) is 12.1 Å². The van der Waals surface area contributed by atoms with Gasteiger partial charge in [-0.15, -0.1) is 0 Å². The van der Waals surface area contributed by atoms with Crippen LogP contribution in [0.25, 0.3) is 22.1 Å². The highest BCUT2D eigenvalue weighted by Crippen LogP contribution is 2.40. The highest BCUT2D eigenvalue weighted by Gasteiger charge is 2.50. The first kappa shape index (κ1) is 25.8. The molecule has 11 nitrogen and oxygen atoms in total. The average Bonchev–Trinajstić information content (AvgIpc) is 3.54. The monoisotopic (exact) mass is 567 g/mol. The smallest absolute Gasteiger partial charge is 0.326 e. The maximum atomic E-state index is 13.9. The molecule has 13 heteroatoms. The quantitative estimate of drug-likeness (QED) is 0.366. The number of benzene rings is 1. The van der Waals surface area contributed by atoms with Crippen LogP contribution in [0, 0.1) is 0 Å². The number of aromatic nitrogens is 3. The van der Waals surface area contributed by atoms with Crippen molar-refractivity contribution in [1.29, 1.82) is 0 Å². The van der Waals surface area contributed by atoms with Gasteiger partial charge in [-0.25, -0.2) is 28.5 Å². The molecule has 3 aliphatic rings. The number of rotatable bonds is 6. The molecule has 3 saturated heterocycles. The number of para-hydroxylation sites is 1. The van der Waals surface area contributed by atoms with E-state index in [1.807, 2.05) is 12.1 Å². The molecule has 0 amide bonds. The van der Waals surface area contributed by atoms with E-state index in [0.717, 1.165) is 5.69 Å². The van der Waals surface area contributed by atoms with Crippen LogP contribution in [0.4, 0.5) is 20.3 Å². The highest BCUT2D eigenvalue weighted by atomic mass is 19.3. The van der Waals surface area contributed by atoms with Gasteiger partial charge < -0.3 is 33.5 Å². The third-order valence-electron chi connectivity index (χ3n) is 8.22. The van der Waals surface area contributed by atoms with Crippen LogP contribution in [0.3, 0.4) is 0 Å². The van der Waals surface area contributed by atoms with Crippen LogP contribution in [-0.4, -0.2) is 82.7 Å². The van der Waals surface area contributed by atoms with Crippen molar-refractivity contribution in [3.63, 3.8) is 0 Å². The summed E-state index contributed by atoms with van der Waals surface area (Å²) in [5, 5.41) is 10.7. The Hall–Kier alpha value is -4.10. The van der Waals surface area contributed by atoms with Gasteiger partial charge in [-0.3, -0.25) is 0 Å². The van der Waals surface area contributed by atoms with Crippen LogP contribution < -0.4 is 14.5 Å². The van der Waals surface area contributed by atoms with E-state index in [-0.39, 0.29) is 35.9 Å². The molecule has 3 atom stereocenters. The third kappa shape index (κ3) is 4.22. The molecule has 0 aliphatic carbocycles. The lowest BCUT2D eigenvalue weighted by atomic mass is 9.90. The van der Waals surface area contributed by atoms with E-state index in [9.17, 15) is 18.7 Å². The summed E-state index contributed by atoms with van der Waals surface area (Å²) in [6.45, 7) is 4.30. The fourth-order valence-electron chi connectivity index (χ4n) is 5.99. The highest BCUT2D eigenvalue weighted by molar-refractivity contribution is 6.06. The van der Waals surface area contributed by atoms with Gasteiger partial charge in [0.05, 0.1) is 32.4 Å². The van der Waals surface area contributed by atoms with Gasteiger partial charge in [0, 0.05) is 24.5 Å². The summed E-state index contributed by atoms with van der Waals surface area (Å²) in [6, 6.07) is 9.55. The third-order valence-corrected chi connectivity index (χ3v) is 8.22. The number of anilines is 2. The van der Waals surface area contributed by atoms with Crippen molar-refractivity contribution in [2.45, 2.75) is 43.6 Å².